The molecule has 0 spiro atoms. The first-order chi connectivity index (χ1) is 14.8. The Labute approximate surface area is 183 Å². The van der Waals surface area contributed by atoms with E-state index in [-0.39, 0.29) is 24.1 Å². The van der Waals surface area contributed by atoms with E-state index in [0.29, 0.717) is 36.8 Å². The van der Waals surface area contributed by atoms with Crippen LogP contribution in [0.4, 0.5) is 4.79 Å². The zero-order valence-corrected chi connectivity index (χ0v) is 17.6. The average molecular weight is 445 g/mol. The number of piperazine rings is 1. The first-order valence-electron chi connectivity index (χ1n) is 9.81. The zero-order valence-electron chi connectivity index (χ0n) is 16.8. The van der Waals surface area contributed by atoms with Gasteiger partial charge in [-0.3, -0.25) is 19.3 Å². The normalized spacial score (nSPS) is 21.4. The van der Waals surface area contributed by atoms with Gasteiger partial charge in [0.25, 0.3) is 11.8 Å². The first-order valence-corrected chi connectivity index (χ1v) is 10.2. The molecule has 0 saturated carbocycles. The molecule has 0 radical (unpaired) electrons. The second kappa shape index (κ2) is 8.07. The molecule has 3 heterocycles. The lowest BCUT2D eigenvalue weighted by Crippen LogP contribution is -2.53. The van der Waals surface area contributed by atoms with Gasteiger partial charge in [0.05, 0.1) is 6.26 Å². The van der Waals surface area contributed by atoms with E-state index >= 15 is 0 Å². The predicted octanol–water partition coefficient (Wildman–Crippen LogP) is 1.68. The van der Waals surface area contributed by atoms with Gasteiger partial charge in [0.1, 0.15) is 12.1 Å². The molecule has 2 fully saturated rings. The molecule has 2 aliphatic rings. The number of carbonyl (C=O) groups excluding carboxylic acids is 4. The minimum atomic E-state index is -1.34. The Morgan fingerprint density at radius 1 is 1.06 bits per heavy atom. The quantitative estimate of drug-likeness (QED) is 0.723. The summed E-state index contributed by atoms with van der Waals surface area (Å²) in [5.74, 6) is -0.887. The van der Waals surface area contributed by atoms with Gasteiger partial charge in [-0.25, -0.2) is 4.79 Å². The number of benzene rings is 1. The fourth-order valence-corrected chi connectivity index (χ4v) is 4.16. The zero-order chi connectivity index (χ0) is 22.2. The third-order valence-corrected chi connectivity index (χ3v) is 5.96. The summed E-state index contributed by atoms with van der Waals surface area (Å²) >= 11 is 6.22. The largest absolute Gasteiger partial charge is 0.459 e. The van der Waals surface area contributed by atoms with Crippen LogP contribution in [0.25, 0.3) is 0 Å². The summed E-state index contributed by atoms with van der Waals surface area (Å²) < 4.78 is 5.13. The third kappa shape index (κ3) is 3.76. The third-order valence-electron chi connectivity index (χ3n) is 5.63. The van der Waals surface area contributed by atoms with Gasteiger partial charge in [-0.05, 0) is 25.1 Å². The van der Waals surface area contributed by atoms with Crippen LogP contribution >= 0.6 is 11.6 Å². The molecule has 1 aromatic carbocycles. The highest BCUT2D eigenvalue weighted by Crippen LogP contribution is 2.33. The van der Waals surface area contributed by atoms with Gasteiger partial charge < -0.3 is 19.5 Å². The molecule has 5 amide bonds. The fourth-order valence-electron chi connectivity index (χ4n) is 3.84. The Balaban J connectivity index is 1.39. The lowest BCUT2D eigenvalue weighted by Gasteiger charge is -2.34. The highest BCUT2D eigenvalue weighted by Gasteiger charge is 2.50. The second-order valence-corrected chi connectivity index (χ2v) is 7.98. The number of hydrogen-bond donors (Lipinski definition) is 1. The smallest absolute Gasteiger partial charge is 0.325 e. The van der Waals surface area contributed by atoms with Crippen LogP contribution in [0.2, 0.25) is 5.02 Å². The molecule has 2 aromatic rings. The van der Waals surface area contributed by atoms with E-state index in [4.69, 9.17) is 16.0 Å². The van der Waals surface area contributed by atoms with Crippen LogP contribution in [-0.2, 0) is 15.1 Å². The number of nitrogens with zero attached hydrogens (tertiary/aromatic N) is 3. The van der Waals surface area contributed by atoms with Crippen LogP contribution in [0.3, 0.4) is 0 Å². The molecule has 0 aliphatic carbocycles. The topological polar surface area (TPSA) is 103 Å². The molecule has 2 saturated heterocycles. The van der Waals surface area contributed by atoms with Crippen molar-refractivity contribution in [3.8, 4) is 0 Å². The molecular weight excluding hydrogens is 424 g/mol. The van der Waals surface area contributed by atoms with E-state index < -0.39 is 17.5 Å². The summed E-state index contributed by atoms with van der Waals surface area (Å²) in [5.41, 5.74) is -0.876. The molecular formula is C21H21ClN4O5. The summed E-state index contributed by atoms with van der Waals surface area (Å²) in [6.07, 6.45) is 1.43. The lowest BCUT2D eigenvalue weighted by molar-refractivity contribution is -0.139. The van der Waals surface area contributed by atoms with Gasteiger partial charge in [-0.2, -0.15) is 0 Å². The van der Waals surface area contributed by atoms with Gasteiger partial charge in [-0.1, -0.05) is 29.8 Å². The Hall–Kier alpha value is -3.33. The number of furan rings is 1. The second-order valence-electron chi connectivity index (χ2n) is 7.58. The van der Waals surface area contributed by atoms with E-state index in [1.807, 2.05) is 0 Å². The maximum Gasteiger partial charge on any atom is 0.325 e. The Kier molecular flexibility index (Phi) is 5.45. The highest BCUT2D eigenvalue weighted by atomic mass is 35.5. The SMILES string of the molecule is C[C@]1(c2ccccc2Cl)NC(=O)N(CC(=O)N2CCN(C(=O)c3ccco3)CC2)C1=O. The van der Waals surface area contributed by atoms with Gasteiger partial charge in [-0.15, -0.1) is 0 Å². The molecule has 0 unspecified atom stereocenters. The number of amides is 5. The molecule has 10 heteroatoms. The van der Waals surface area contributed by atoms with Crippen molar-refractivity contribution < 1.29 is 23.6 Å². The summed E-state index contributed by atoms with van der Waals surface area (Å²) in [7, 11) is 0. The number of hydrogen-bond acceptors (Lipinski definition) is 5. The van der Waals surface area contributed by atoms with Gasteiger partial charge in [0.15, 0.2) is 5.76 Å². The van der Waals surface area contributed by atoms with Crippen molar-refractivity contribution in [1.29, 1.82) is 0 Å². The number of halogens is 1. The van der Waals surface area contributed by atoms with E-state index in [2.05, 4.69) is 5.32 Å². The number of urea groups is 1. The Morgan fingerprint density at radius 2 is 1.74 bits per heavy atom. The van der Waals surface area contributed by atoms with Gasteiger partial charge in [0, 0.05) is 36.8 Å². The number of carbonyl (C=O) groups is 4. The van der Waals surface area contributed by atoms with Crippen molar-refractivity contribution in [2.45, 2.75) is 12.5 Å². The number of nitrogens with one attached hydrogen (secondary N) is 1. The average Bonchev–Trinajstić information content (AvgIpc) is 3.37. The maximum absolute atomic E-state index is 13.0. The van der Waals surface area contributed by atoms with Crippen molar-refractivity contribution in [1.82, 2.24) is 20.0 Å². The molecule has 1 N–H and O–H groups in total. The van der Waals surface area contributed by atoms with E-state index in [1.54, 1.807) is 48.2 Å². The summed E-state index contributed by atoms with van der Waals surface area (Å²) in [6, 6.07) is 9.35. The van der Waals surface area contributed by atoms with Crippen LogP contribution in [-0.4, -0.2) is 71.2 Å². The Morgan fingerprint density at radius 3 is 2.39 bits per heavy atom. The molecule has 9 nitrogen and oxygen atoms in total. The molecule has 162 valence electrons. The Bertz CT molecular complexity index is 1030. The van der Waals surface area contributed by atoms with Crippen LogP contribution in [0, 0.1) is 0 Å². The monoisotopic (exact) mass is 444 g/mol. The van der Waals surface area contributed by atoms with Crippen LogP contribution in [0.1, 0.15) is 23.0 Å². The standard InChI is InChI=1S/C21H21ClN4O5/c1-21(14-5-2-3-6-15(14)22)19(29)26(20(30)23-21)13-17(27)24-8-10-25(11-9-24)18(28)16-7-4-12-31-16/h2-7,12H,8-11,13H2,1H3,(H,23,30)/t21-/m1/s1. The molecule has 31 heavy (non-hydrogen) atoms. The van der Waals surface area contributed by atoms with Crippen molar-refractivity contribution in [3.63, 3.8) is 0 Å². The fraction of sp³-hybridized carbons (Fsp3) is 0.333. The van der Waals surface area contributed by atoms with E-state index in [9.17, 15) is 19.2 Å². The van der Waals surface area contributed by atoms with E-state index in [0.717, 1.165) is 4.90 Å². The minimum Gasteiger partial charge on any atom is -0.459 e. The number of rotatable bonds is 4. The summed E-state index contributed by atoms with van der Waals surface area (Å²) in [6.45, 7) is 2.47. The van der Waals surface area contributed by atoms with Crippen molar-refractivity contribution in [2.24, 2.45) is 0 Å². The predicted molar refractivity (Wildman–Crippen MR) is 110 cm³/mol. The summed E-state index contributed by atoms with van der Waals surface area (Å²) in [5, 5.41) is 3.00. The van der Waals surface area contributed by atoms with Crippen LogP contribution in [0.5, 0.6) is 0 Å². The minimum absolute atomic E-state index is 0.235. The van der Waals surface area contributed by atoms with E-state index in [1.165, 1.54) is 11.2 Å². The lowest BCUT2D eigenvalue weighted by atomic mass is 9.92. The molecule has 2 aliphatic heterocycles. The summed E-state index contributed by atoms with van der Waals surface area (Å²) in [4.78, 5) is 54.7. The molecule has 1 atom stereocenters. The first kappa shape index (κ1) is 20.9. The molecule has 4 rings (SSSR count). The maximum atomic E-state index is 13.0. The molecule has 1 aromatic heterocycles. The van der Waals surface area contributed by atoms with Gasteiger partial charge in [0.2, 0.25) is 5.91 Å². The van der Waals surface area contributed by atoms with Gasteiger partial charge >= 0.3 is 6.03 Å². The molecule has 0 bridgehead atoms. The van der Waals surface area contributed by atoms with Crippen molar-refractivity contribution in [2.75, 3.05) is 32.7 Å². The van der Waals surface area contributed by atoms with Crippen LogP contribution < -0.4 is 5.32 Å². The van der Waals surface area contributed by atoms with Crippen LogP contribution in [0.15, 0.2) is 47.1 Å². The van der Waals surface area contributed by atoms with Crippen molar-refractivity contribution in [3.05, 3.63) is 59.0 Å². The highest BCUT2D eigenvalue weighted by molar-refractivity contribution is 6.32. The number of imide groups is 1. The van der Waals surface area contributed by atoms with Crippen molar-refractivity contribution >= 4 is 35.4 Å².